The van der Waals surface area contributed by atoms with E-state index in [1.165, 1.54) is 4.90 Å². The molecule has 0 aliphatic carbocycles. The molecule has 0 saturated carbocycles. The Morgan fingerprint density at radius 1 is 1.28 bits per heavy atom. The highest BCUT2D eigenvalue weighted by molar-refractivity contribution is 5.84. The van der Waals surface area contributed by atoms with Crippen LogP contribution in [0, 0.1) is 0 Å². The van der Waals surface area contributed by atoms with Crippen LogP contribution in [-0.4, -0.2) is 46.7 Å². The topological polar surface area (TPSA) is 66.8 Å². The lowest BCUT2D eigenvalue weighted by molar-refractivity contribution is -0.154. The average Bonchev–Trinajstić information content (AvgIpc) is 2.49. The van der Waals surface area contributed by atoms with Crippen LogP contribution in [0.2, 0.25) is 0 Å². The fourth-order valence-electron chi connectivity index (χ4n) is 2.02. The summed E-state index contributed by atoms with van der Waals surface area (Å²) in [6.07, 6.45) is 3.25. The lowest BCUT2D eigenvalue weighted by atomic mass is 10.1. The minimum atomic E-state index is -0.916. The number of carboxylic acids is 1. The van der Waals surface area contributed by atoms with E-state index < -0.39 is 12.0 Å². The van der Waals surface area contributed by atoms with E-state index in [0.29, 0.717) is 13.0 Å². The normalized spacial score (nSPS) is 21.5. The third-order valence-electron chi connectivity index (χ3n) is 2.99. The molecule has 104 valence electrons. The van der Waals surface area contributed by atoms with Gasteiger partial charge in [-0.05, 0) is 33.6 Å². The van der Waals surface area contributed by atoms with E-state index >= 15 is 0 Å². The van der Waals surface area contributed by atoms with Gasteiger partial charge in [0.05, 0.1) is 5.60 Å². The summed E-state index contributed by atoms with van der Waals surface area (Å²) in [5.41, 5.74) is -0.389. The number of carbonyl (C=O) groups is 2. The summed E-state index contributed by atoms with van der Waals surface area (Å²) >= 11 is 0. The minimum absolute atomic E-state index is 0.0483. The van der Waals surface area contributed by atoms with Gasteiger partial charge in [0.15, 0.2) is 0 Å². The van der Waals surface area contributed by atoms with Crippen LogP contribution < -0.4 is 0 Å². The number of carbonyl (C=O) groups excluding carboxylic acids is 1. The van der Waals surface area contributed by atoms with Crippen molar-refractivity contribution in [1.82, 2.24) is 4.90 Å². The predicted octanol–water partition coefficient (Wildman–Crippen LogP) is 1.66. The van der Waals surface area contributed by atoms with Gasteiger partial charge in [-0.1, -0.05) is 12.8 Å². The number of rotatable bonds is 3. The molecule has 5 nitrogen and oxygen atoms in total. The third-order valence-corrected chi connectivity index (χ3v) is 2.99. The van der Waals surface area contributed by atoms with Crippen LogP contribution in [0.15, 0.2) is 0 Å². The Morgan fingerprint density at radius 2 is 1.94 bits per heavy atom. The monoisotopic (exact) mass is 257 g/mol. The fraction of sp³-hybridized carbons (Fsp3) is 0.846. The predicted molar refractivity (Wildman–Crippen MR) is 67.3 cm³/mol. The maximum absolute atomic E-state index is 12.0. The summed E-state index contributed by atoms with van der Waals surface area (Å²) in [4.78, 5) is 24.7. The number of hydrogen-bond acceptors (Lipinski definition) is 3. The Kier molecular flexibility index (Phi) is 5.14. The smallest absolute Gasteiger partial charge is 0.326 e. The first-order chi connectivity index (χ1) is 8.31. The molecule has 1 aliphatic heterocycles. The van der Waals surface area contributed by atoms with Crippen molar-refractivity contribution in [2.24, 2.45) is 0 Å². The first kappa shape index (κ1) is 15.0. The molecule has 1 amide bonds. The van der Waals surface area contributed by atoms with Crippen molar-refractivity contribution in [3.8, 4) is 0 Å². The van der Waals surface area contributed by atoms with Crippen LogP contribution in [0.5, 0.6) is 0 Å². The zero-order valence-corrected chi connectivity index (χ0v) is 11.4. The van der Waals surface area contributed by atoms with E-state index in [1.807, 2.05) is 20.8 Å². The molecule has 0 spiro atoms. The van der Waals surface area contributed by atoms with E-state index in [-0.39, 0.29) is 18.1 Å². The lowest BCUT2D eigenvalue weighted by Crippen LogP contribution is -2.46. The molecule has 1 atom stereocenters. The van der Waals surface area contributed by atoms with E-state index in [4.69, 9.17) is 4.74 Å². The zero-order valence-electron chi connectivity index (χ0n) is 11.4. The average molecular weight is 257 g/mol. The van der Waals surface area contributed by atoms with Crippen LogP contribution in [-0.2, 0) is 14.3 Å². The Bertz CT molecular complexity index is 309. The molecule has 1 fully saturated rings. The Balaban J connectivity index is 2.64. The third kappa shape index (κ3) is 4.64. The van der Waals surface area contributed by atoms with Gasteiger partial charge in [-0.3, -0.25) is 4.79 Å². The van der Waals surface area contributed by atoms with Crippen LogP contribution >= 0.6 is 0 Å². The second kappa shape index (κ2) is 6.18. The highest BCUT2D eigenvalue weighted by Crippen LogP contribution is 2.18. The number of ether oxygens (including phenoxy) is 1. The highest BCUT2D eigenvalue weighted by Gasteiger charge is 2.31. The molecule has 0 bridgehead atoms. The first-order valence-electron chi connectivity index (χ1n) is 6.47. The molecule has 18 heavy (non-hydrogen) atoms. The summed E-state index contributed by atoms with van der Waals surface area (Å²) in [5.74, 6) is -1.14. The number of hydrogen-bond donors (Lipinski definition) is 1. The number of amides is 1. The Hall–Kier alpha value is -1.10. The molecule has 1 N–H and O–H groups in total. The van der Waals surface area contributed by atoms with Gasteiger partial charge < -0.3 is 14.7 Å². The molecule has 1 rings (SSSR count). The van der Waals surface area contributed by atoms with Gasteiger partial charge in [-0.2, -0.15) is 0 Å². The van der Waals surface area contributed by atoms with Crippen LogP contribution in [0.1, 0.15) is 46.5 Å². The second-order valence-electron chi connectivity index (χ2n) is 5.69. The van der Waals surface area contributed by atoms with Crippen LogP contribution in [0.4, 0.5) is 0 Å². The summed E-state index contributed by atoms with van der Waals surface area (Å²) in [7, 11) is 0. The Labute approximate surface area is 108 Å². The molecule has 1 heterocycles. The summed E-state index contributed by atoms with van der Waals surface area (Å²) in [6.45, 7) is 6.09. The second-order valence-corrected chi connectivity index (χ2v) is 5.69. The number of aliphatic carboxylic acids is 1. The number of nitrogens with zero attached hydrogens (tertiary/aromatic N) is 1. The molecule has 0 radical (unpaired) electrons. The van der Waals surface area contributed by atoms with Gasteiger partial charge in [0, 0.05) is 6.54 Å². The fourth-order valence-corrected chi connectivity index (χ4v) is 2.02. The summed E-state index contributed by atoms with van der Waals surface area (Å²) in [5, 5.41) is 9.18. The van der Waals surface area contributed by atoms with Crippen molar-refractivity contribution < 1.29 is 19.4 Å². The van der Waals surface area contributed by atoms with E-state index in [2.05, 4.69) is 0 Å². The van der Waals surface area contributed by atoms with E-state index in [9.17, 15) is 14.7 Å². The summed E-state index contributed by atoms with van der Waals surface area (Å²) < 4.78 is 5.43. The zero-order chi connectivity index (χ0) is 13.8. The molecular formula is C13H23NO4. The lowest BCUT2D eigenvalue weighted by Gasteiger charge is -2.28. The van der Waals surface area contributed by atoms with Crippen molar-refractivity contribution in [2.75, 3.05) is 13.2 Å². The SMILES string of the molecule is CC(C)(C)OCC(=O)N1CCCCCC1C(=O)O. The summed E-state index contributed by atoms with van der Waals surface area (Å²) in [6, 6.07) is -0.691. The van der Waals surface area contributed by atoms with Gasteiger partial charge in [-0.25, -0.2) is 4.79 Å². The number of carboxylic acid groups (broad SMARTS) is 1. The molecular weight excluding hydrogens is 234 g/mol. The number of likely N-dealkylation sites (tertiary alicyclic amines) is 1. The molecule has 0 aromatic rings. The molecule has 1 saturated heterocycles. The van der Waals surface area contributed by atoms with Crippen molar-refractivity contribution in [3.05, 3.63) is 0 Å². The molecule has 0 aromatic heterocycles. The highest BCUT2D eigenvalue weighted by atomic mass is 16.5. The van der Waals surface area contributed by atoms with Gasteiger partial charge in [0.2, 0.25) is 5.91 Å². The van der Waals surface area contributed by atoms with Crippen molar-refractivity contribution in [3.63, 3.8) is 0 Å². The van der Waals surface area contributed by atoms with Crippen molar-refractivity contribution in [1.29, 1.82) is 0 Å². The largest absolute Gasteiger partial charge is 0.480 e. The van der Waals surface area contributed by atoms with Gasteiger partial charge >= 0.3 is 5.97 Å². The van der Waals surface area contributed by atoms with Gasteiger partial charge in [0.1, 0.15) is 12.6 Å². The Morgan fingerprint density at radius 3 is 2.50 bits per heavy atom. The molecule has 5 heteroatoms. The first-order valence-corrected chi connectivity index (χ1v) is 6.47. The minimum Gasteiger partial charge on any atom is -0.480 e. The van der Waals surface area contributed by atoms with Crippen LogP contribution in [0.3, 0.4) is 0 Å². The standard InChI is InChI=1S/C13H23NO4/c1-13(2,3)18-9-11(15)14-8-6-4-5-7-10(14)12(16)17/h10H,4-9H2,1-3H3,(H,16,17). The van der Waals surface area contributed by atoms with Gasteiger partial charge in [0.25, 0.3) is 0 Å². The maximum Gasteiger partial charge on any atom is 0.326 e. The quantitative estimate of drug-likeness (QED) is 0.835. The molecule has 1 unspecified atom stereocenters. The maximum atomic E-state index is 12.0. The van der Waals surface area contributed by atoms with Crippen LogP contribution in [0.25, 0.3) is 0 Å². The van der Waals surface area contributed by atoms with E-state index in [0.717, 1.165) is 19.3 Å². The van der Waals surface area contributed by atoms with Crippen molar-refractivity contribution >= 4 is 11.9 Å². The molecule has 0 aromatic carbocycles. The van der Waals surface area contributed by atoms with E-state index in [1.54, 1.807) is 0 Å². The van der Waals surface area contributed by atoms with Crippen molar-refractivity contribution in [2.45, 2.75) is 58.1 Å². The molecule has 1 aliphatic rings. The van der Waals surface area contributed by atoms with Gasteiger partial charge in [-0.15, -0.1) is 0 Å².